The van der Waals surface area contributed by atoms with Gasteiger partial charge in [-0.1, -0.05) is 31.3 Å². The van der Waals surface area contributed by atoms with Crippen molar-refractivity contribution in [2.45, 2.75) is 58.0 Å². The lowest BCUT2D eigenvalue weighted by Crippen LogP contribution is -2.57. The van der Waals surface area contributed by atoms with Crippen molar-refractivity contribution in [1.29, 1.82) is 0 Å². The fraction of sp³-hybridized carbons (Fsp3) is 0.867. The molecule has 120 valence electrons. The van der Waals surface area contributed by atoms with Crippen molar-refractivity contribution in [3.8, 4) is 0 Å². The summed E-state index contributed by atoms with van der Waals surface area (Å²) in [5, 5.41) is 14.8. The lowest BCUT2D eigenvalue weighted by atomic mass is 9.61. The number of ether oxygens (including phenoxy) is 1. The molecule has 6 nitrogen and oxygen atoms in total. The van der Waals surface area contributed by atoms with Crippen molar-refractivity contribution in [3.63, 3.8) is 0 Å². The SMILES string of the molecule is CC1CC(C(=O)NCCOC2CCCCC2)(C(N)=NO)C1. The number of oxime groups is 1. The smallest absolute Gasteiger partial charge is 0.234 e. The lowest BCUT2D eigenvalue weighted by molar-refractivity contribution is -0.133. The maximum absolute atomic E-state index is 12.3. The number of rotatable bonds is 6. The van der Waals surface area contributed by atoms with E-state index in [0.29, 0.717) is 38.0 Å². The number of nitrogens with two attached hydrogens (primary N) is 1. The average Bonchev–Trinajstić information content (AvgIpc) is 2.48. The van der Waals surface area contributed by atoms with Crippen LogP contribution in [0.4, 0.5) is 0 Å². The molecule has 0 aromatic carbocycles. The summed E-state index contributed by atoms with van der Waals surface area (Å²) in [7, 11) is 0. The van der Waals surface area contributed by atoms with Gasteiger partial charge in [-0.2, -0.15) is 0 Å². The van der Waals surface area contributed by atoms with Gasteiger partial charge in [-0.15, -0.1) is 0 Å². The minimum absolute atomic E-state index is 0.0197. The summed E-state index contributed by atoms with van der Waals surface area (Å²) in [4.78, 5) is 12.3. The van der Waals surface area contributed by atoms with Crippen LogP contribution in [0.25, 0.3) is 0 Å². The van der Waals surface area contributed by atoms with E-state index in [1.54, 1.807) is 0 Å². The van der Waals surface area contributed by atoms with Gasteiger partial charge in [0.15, 0.2) is 5.84 Å². The number of nitrogens with zero attached hydrogens (tertiary/aromatic N) is 1. The number of amidine groups is 1. The lowest BCUT2D eigenvalue weighted by Gasteiger charge is -2.43. The van der Waals surface area contributed by atoms with Crippen LogP contribution in [0.1, 0.15) is 51.9 Å². The van der Waals surface area contributed by atoms with Crippen molar-refractivity contribution in [2.75, 3.05) is 13.2 Å². The van der Waals surface area contributed by atoms with Crippen molar-refractivity contribution >= 4 is 11.7 Å². The summed E-state index contributed by atoms with van der Waals surface area (Å²) in [5.41, 5.74) is 4.89. The Kier molecular flexibility index (Phi) is 5.45. The van der Waals surface area contributed by atoms with Gasteiger partial charge in [0.25, 0.3) is 0 Å². The van der Waals surface area contributed by atoms with Crippen LogP contribution in [0.3, 0.4) is 0 Å². The molecule has 0 saturated heterocycles. The predicted molar refractivity (Wildman–Crippen MR) is 80.1 cm³/mol. The maximum atomic E-state index is 12.3. The molecule has 0 aliphatic heterocycles. The van der Waals surface area contributed by atoms with Gasteiger partial charge in [-0.3, -0.25) is 4.79 Å². The first kappa shape index (κ1) is 16.1. The Hall–Kier alpha value is -1.30. The van der Waals surface area contributed by atoms with Gasteiger partial charge < -0.3 is 21.0 Å². The van der Waals surface area contributed by atoms with Crippen molar-refractivity contribution in [3.05, 3.63) is 0 Å². The highest BCUT2D eigenvalue weighted by molar-refractivity contribution is 6.07. The highest BCUT2D eigenvalue weighted by Crippen LogP contribution is 2.45. The minimum atomic E-state index is -0.820. The van der Waals surface area contributed by atoms with E-state index in [-0.39, 0.29) is 11.7 Å². The molecule has 2 fully saturated rings. The molecule has 0 aromatic heterocycles. The Balaban J connectivity index is 1.73. The maximum Gasteiger partial charge on any atom is 0.234 e. The molecular formula is C15H27N3O3. The summed E-state index contributed by atoms with van der Waals surface area (Å²) < 4.78 is 5.78. The average molecular weight is 297 g/mol. The molecule has 0 radical (unpaired) electrons. The van der Waals surface area contributed by atoms with E-state index < -0.39 is 5.41 Å². The highest BCUT2D eigenvalue weighted by Gasteiger charge is 2.52. The van der Waals surface area contributed by atoms with Gasteiger partial charge in [0.1, 0.15) is 5.41 Å². The second-order valence-corrected chi connectivity index (χ2v) is 6.47. The van der Waals surface area contributed by atoms with Crippen LogP contribution >= 0.6 is 0 Å². The summed E-state index contributed by atoms with van der Waals surface area (Å²) in [6, 6.07) is 0. The Morgan fingerprint density at radius 1 is 1.38 bits per heavy atom. The van der Waals surface area contributed by atoms with Gasteiger partial charge in [0.2, 0.25) is 5.91 Å². The fourth-order valence-corrected chi connectivity index (χ4v) is 3.53. The van der Waals surface area contributed by atoms with Gasteiger partial charge in [0.05, 0.1) is 12.7 Å². The first-order valence-corrected chi connectivity index (χ1v) is 7.96. The molecular weight excluding hydrogens is 270 g/mol. The zero-order valence-corrected chi connectivity index (χ0v) is 12.8. The number of hydrogen-bond acceptors (Lipinski definition) is 4. The van der Waals surface area contributed by atoms with Gasteiger partial charge >= 0.3 is 0 Å². The molecule has 0 unspecified atom stereocenters. The number of nitrogens with one attached hydrogen (secondary N) is 1. The number of carbonyl (C=O) groups is 1. The van der Waals surface area contributed by atoms with Crippen LogP contribution in [0, 0.1) is 11.3 Å². The van der Waals surface area contributed by atoms with E-state index in [2.05, 4.69) is 17.4 Å². The van der Waals surface area contributed by atoms with E-state index in [9.17, 15) is 4.79 Å². The quantitative estimate of drug-likeness (QED) is 0.228. The zero-order valence-electron chi connectivity index (χ0n) is 12.8. The molecule has 1 amide bonds. The highest BCUT2D eigenvalue weighted by atomic mass is 16.5. The molecule has 0 bridgehead atoms. The standard InChI is InChI=1S/C15H27N3O3/c1-11-9-15(10-11,13(16)18-20)14(19)17-7-8-21-12-5-3-2-4-6-12/h11-12,20H,2-10H2,1H3,(H2,16,18)(H,17,19). The number of hydrogen-bond donors (Lipinski definition) is 3. The van der Waals surface area contributed by atoms with Gasteiger partial charge in [-0.25, -0.2) is 0 Å². The first-order valence-electron chi connectivity index (χ1n) is 7.96. The molecule has 2 rings (SSSR count). The zero-order chi connectivity index (χ0) is 15.3. The van der Waals surface area contributed by atoms with Crippen molar-refractivity contribution in [1.82, 2.24) is 5.32 Å². The molecule has 2 aliphatic carbocycles. The number of carbonyl (C=O) groups excluding carboxylic acids is 1. The van der Waals surface area contributed by atoms with Crippen molar-refractivity contribution < 1.29 is 14.7 Å². The molecule has 4 N–H and O–H groups in total. The molecule has 0 spiro atoms. The molecule has 0 aromatic rings. The molecule has 0 heterocycles. The van der Waals surface area contributed by atoms with E-state index in [4.69, 9.17) is 15.7 Å². The second-order valence-electron chi connectivity index (χ2n) is 6.47. The van der Waals surface area contributed by atoms with Gasteiger partial charge in [0, 0.05) is 6.54 Å². The second kappa shape index (κ2) is 7.11. The van der Waals surface area contributed by atoms with Crippen LogP contribution in [0.2, 0.25) is 0 Å². The monoisotopic (exact) mass is 297 g/mol. The molecule has 6 heteroatoms. The summed E-state index contributed by atoms with van der Waals surface area (Å²) >= 11 is 0. The topological polar surface area (TPSA) is 96.9 Å². The minimum Gasteiger partial charge on any atom is -0.409 e. The fourth-order valence-electron chi connectivity index (χ4n) is 3.53. The molecule has 0 atom stereocenters. The Labute approximate surface area is 126 Å². The summed E-state index contributed by atoms with van der Waals surface area (Å²) in [5.74, 6) is 0.295. The Bertz CT molecular complexity index is 386. The third-order valence-electron chi connectivity index (χ3n) is 4.72. The number of amides is 1. The van der Waals surface area contributed by atoms with Gasteiger partial charge in [-0.05, 0) is 31.6 Å². The van der Waals surface area contributed by atoms with Crippen LogP contribution < -0.4 is 11.1 Å². The van der Waals surface area contributed by atoms with Crippen molar-refractivity contribution in [2.24, 2.45) is 22.2 Å². The van der Waals surface area contributed by atoms with E-state index in [1.807, 2.05) is 0 Å². The predicted octanol–water partition coefficient (Wildman–Crippen LogP) is 1.61. The van der Waals surface area contributed by atoms with Crippen LogP contribution in [0.15, 0.2) is 5.16 Å². The van der Waals surface area contributed by atoms with E-state index in [1.165, 1.54) is 19.3 Å². The van der Waals surface area contributed by atoms with E-state index >= 15 is 0 Å². The summed E-state index contributed by atoms with van der Waals surface area (Å²) in [6.07, 6.45) is 7.65. The molecule has 21 heavy (non-hydrogen) atoms. The third kappa shape index (κ3) is 3.67. The third-order valence-corrected chi connectivity index (χ3v) is 4.72. The Morgan fingerprint density at radius 3 is 2.62 bits per heavy atom. The van der Waals surface area contributed by atoms with Crippen LogP contribution in [-0.2, 0) is 9.53 Å². The molecule has 2 saturated carbocycles. The first-order chi connectivity index (χ1) is 10.1. The normalized spacial score (nSPS) is 30.7. The van der Waals surface area contributed by atoms with Crippen LogP contribution in [-0.4, -0.2) is 36.2 Å². The molecule has 2 aliphatic rings. The summed E-state index contributed by atoms with van der Waals surface area (Å²) in [6.45, 7) is 3.06. The largest absolute Gasteiger partial charge is 0.409 e. The van der Waals surface area contributed by atoms with E-state index in [0.717, 1.165) is 12.8 Å². The Morgan fingerprint density at radius 2 is 2.05 bits per heavy atom. The van der Waals surface area contributed by atoms with Crippen LogP contribution in [0.5, 0.6) is 0 Å².